The van der Waals surface area contributed by atoms with Gasteiger partial charge in [0.05, 0.1) is 10.5 Å². The first kappa shape index (κ1) is 10.5. The molecule has 3 rings (SSSR count). The minimum absolute atomic E-state index is 0.128. The van der Waals surface area contributed by atoms with Crippen LogP contribution in [-0.2, 0) is 0 Å². The van der Waals surface area contributed by atoms with Crippen LogP contribution in [0.4, 0.5) is 10.1 Å². The van der Waals surface area contributed by atoms with E-state index in [1.807, 2.05) is 30.5 Å². The van der Waals surface area contributed by atoms with E-state index >= 15 is 0 Å². The van der Waals surface area contributed by atoms with Crippen LogP contribution < -0.4 is 0 Å². The predicted octanol–water partition coefficient (Wildman–Crippen LogP) is 3.65. The van der Waals surface area contributed by atoms with Gasteiger partial charge in [0.1, 0.15) is 5.82 Å². The number of benzene rings is 2. The van der Waals surface area contributed by atoms with E-state index in [0.717, 1.165) is 22.0 Å². The number of halogens is 1. The molecule has 1 aliphatic heterocycles. The fourth-order valence-electron chi connectivity index (χ4n) is 1.89. The van der Waals surface area contributed by atoms with Gasteiger partial charge in [-0.2, -0.15) is 4.58 Å². The van der Waals surface area contributed by atoms with Crippen LogP contribution in [0, 0.1) is 5.82 Å². The van der Waals surface area contributed by atoms with Gasteiger partial charge in [-0.05, 0) is 12.1 Å². The molecular weight excluding hydrogens is 233 g/mol. The average Bonchev–Trinajstić information content (AvgIpc) is 2.40. The molecule has 0 bridgehead atoms. The zero-order valence-corrected chi connectivity index (χ0v) is 9.95. The zero-order chi connectivity index (χ0) is 11.7. The highest BCUT2D eigenvalue weighted by atomic mass is 32.2. The minimum Gasteiger partial charge on any atom is -0.206 e. The molecule has 0 fully saturated rings. The summed E-state index contributed by atoms with van der Waals surface area (Å²) in [6, 6.07) is 15.3. The highest BCUT2D eigenvalue weighted by molar-refractivity contribution is 7.99. The molecule has 0 atom stereocenters. The largest absolute Gasteiger partial charge is 0.206 e. The van der Waals surface area contributed by atoms with Crippen molar-refractivity contribution in [3.63, 3.8) is 0 Å². The Bertz CT molecular complexity index is 578. The lowest BCUT2D eigenvalue weighted by molar-refractivity contribution is -0.411. The Morgan fingerprint density at radius 3 is 2.65 bits per heavy atom. The summed E-state index contributed by atoms with van der Waals surface area (Å²) in [5, 5.41) is 0. The van der Waals surface area contributed by atoms with Crippen molar-refractivity contribution < 1.29 is 8.97 Å². The fraction of sp³-hybridized carbons (Fsp3) is 0.0714. The van der Waals surface area contributed by atoms with Crippen LogP contribution in [0.1, 0.15) is 5.56 Å². The summed E-state index contributed by atoms with van der Waals surface area (Å²) < 4.78 is 15.7. The second-order valence-electron chi connectivity index (χ2n) is 3.87. The van der Waals surface area contributed by atoms with Gasteiger partial charge in [-0.15, -0.1) is 0 Å². The standard InChI is InChI=1S/C14H11FNS/c15-13-8-4-5-11-9-16(10-17-14(11)13)12-6-2-1-3-7-12/h1-9H,10H2/q+1. The second-order valence-corrected chi connectivity index (χ2v) is 4.82. The maximum absolute atomic E-state index is 13.5. The van der Waals surface area contributed by atoms with Crippen molar-refractivity contribution in [2.45, 2.75) is 4.90 Å². The monoisotopic (exact) mass is 244 g/mol. The van der Waals surface area contributed by atoms with E-state index in [9.17, 15) is 4.39 Å². The quantitative estimate of drug-likeness (QED) is 0.692. The third kappa shape index (κ3) is 1.98. The topological polar surface area (TPSA) is 3.01 Å². The maximum atomic E-state index is 13.5. The van der Waals surface area contributed by atoms with E-state index in [1.54, 1.807) is 6.07 Å². The van der Waals surface area contributed by atoms with Gasteiger partial charge < -0.3 is 0 Å². The van der Waals surface area contributed by atoms with Crippen LogP contribution >= 0.6 is 11.8 Å². The predicted molar refractivity (Wildman–Crippen MR) is 68.7 cm³/mol. The number of hydrogen-bond donors (Lipinski definition) is 0. The lowest BCUT2D eigenvalue weighted by Gasteiger charge is -2.11. The van der Waals surface area contributed by atoms with Crippen molar-refractivity contribution in [1.82, 2.24) is 0 Å². The molecule has 84 valence electrons. The van der Waals surface area contributed by atoms with Gasteiger partial charge in [0.25, 0.3) is 0 Å². The summed E-state index contributed by atoms with van der Waals surface area (Å²) in [4.78, 5) is 0.750. The molecule has 0 aromatic heterocycles. The van der Waals surface area contributed by atoms with Gasteiger partial charge in [-0.3, -0.25) is 0 Å². The van der Waals surface area contributed by atoms with Gasteiger partial charge in [0.2, 0.25) is 5.69 Å². The molecule has 0 saturated carbocycles. The molecule has 0 spiro atoms. The summed E-state index contributed by atoms with van der Waals surface area (Å²) >= 11 is 1.54. The van der Waals surface area contributed by atoms with E-state index in [4.69, 9.17) is 0 Å². The van der Waals surface area contributed by atoms with E-state index in [2.05, 4.69) is 16.7 Å². The average molecular weight is 244 g/mol. The smallest absolute Gasteiger partial charge is 0.205 e. The molecule has 17 heavy (non-hydrogen) atoms. The van der Waals surface area contributed by atoms with E-state index in [1.165, 1.54) is 17.8 Å². The Morgan fingerprint density at radius 1 is 1.00 bits per heavy atom. The lowest BCUT2D eigenvalue weighted by Crippen LogP contribution is -2.13. The summed E-state index contributed by atoms with van der Waals surface area (Å²) in [6.45, 7) is 0. The summed E-state index contributed by atoms with van der Waals surface area (Å²) in [5.74, 6) is 0.620. The molecule has 2 aromatic rings. The summed E-state index contributed by atoms with van der Waals surface area (Å²) in [5.41, 5.74) is 2.08. The highest BCUT2D eigenvalue weighted by Gasteiger charge is 2.20. The van der Waals surface area contributed by atoms with Gasteiger partial charge in [-0.25, -0.2) is 4.39 Å². The fourth-order valence-corrected chi connectivity index (χ4v) is 2.87. The molecule has 1 aliphatic rings. The van der Waals surface area contributed by atoms with Crippen molar-refractivity contribution in [3.8, 4) is 0 Å². The van der Waals surface area contributed by atoms with Gasteiger partial charge in [0, 0.05) is 12.1 Å². The SMILES string of the molecule is Fc1cccc2c1SC[N+](c1ccccc1)=C2. The normalized spacial score (nSPS) is 14.1. The molecule has 0 aliphatic carbocycles. The van der Waals surface area contributed by atoms with E-state index in [-0.39, 0.29) is 5.82 Å². The van der Waals surface area contributed by atoms with Crippen molar-refractivity contribution in [1.29, 1.82) is 0 Å². The Balaban J connectivity index is 2.07. The molecule has 1 nitrogen and oxygen atoms in total. The van der Waals surface area contributed by atoms with Crippen LogP contribution in [0.25, 0.3) is 0 Å². The first-order valence-corrected chi connectivity index (χ1v) is 6.41. The Morgan fingerprint density at radius 2 is 1.82 bits per heavy atom. The van der Waals surface area contributed by atoms with Crippen molar-refractivity contribution in [2.75, 3.05) is 5.88 Å². The molecule has 0 amide bonds. The minimum atomic E-state index is -0.128. The van der Waals surface area contributed by atoms with Gasteiger partial charge in [0.15, 0.2) is 12.1 Å². The van der Waals surface area contributed by atoms with Crippen molar-refractivity contribution in [2.24, 2.45) is 0 Å². The second kappa shape index (κ2) is 4.34. The van der Waals surface area contributed by atoms with E-state index in [0.29, 0.717) is 0 Å². The highest BCUT2D eigenvalue weighted by Crippen LogP contribution is 2.30. The number of nitrogens with zero attached hydrogens (tertiary/aromatic N) is 1. The van der Waals surface area contributed by atoms with Crippen LogP contribution in [0.3, 0.4) is 0 Å². The van der Waals surface area contributed by atoms with Gasteiger partial charge in [-0.1, -0.05) is 36.0 Å². The summed E-state index contributed by atoms with van der Waals surface area (Å²) in [6.07, 6.45) is 2.00. The maximum Gasteiger partial charge on any atom is 0.205 e. The third-order valence-corrected chi connectivity index (χ3v) is 3.85. The first-order chi connectivity index (χ1) is 8.34. The number of para-hydroxylation sites is 1. The molecule has 0 unspecified atom stereocenters. The van der Waals surface area contributed by atoms with Crippen LogP contribution in [-0.4, -0.2) is 16.7 Å². The first-order valence-electron chi connectivity index (χ1n) is 5.42. The lowest BCUT2D eigenvalue weighted by atomic mass is 10.2. The van der Waals surface area contributed by atoms with Crippen molar-refractivity contribution in [3.05, 3.63) is 59.9 Å². The molecule has 0 radical (unpaired) electrons. The molecule has 0 N–H and O–H groups in total. The number of rotatable bonds is 1. The number of hydrogen-bond acceptors (Lipinski definition) is 1. The Labute approximate surface area is 104 Å². The number of thioether (sulfide) groups is 1. The zero-order valence-electron chi connectivity index (χ0n) is 9.14. The van der Waals surface area contributed by atoms with Crippen LogP contribution in [0.15, 0.2) is 53.4 Å². The summed E-state index contributed by atoms with van der Waals surface area (Å²) in [7, 11) is 0. The molecule has 2 aromatic carbocycles. The molecule has 0 saturated heterocycles. The molecular formula is C14H11FNS+. The molecule has 3 heteroatoms. The molecule has 1 heterocycles. The van der Waals surface area contributed by atoms with Crippen molar-refractivity contribution >= 4 is 23.7 Å². The Kier molecular flexibility index (Phi) is 2.69. The van der Waals surface area contributed by atoms with Crippen LogP contribution in [0.2, 0.25) is 0 Å². The number of fused-ring (bicyclic) bond motifs is 1. The van der Waals surface area contributed by atoms with Crippen LogP contribution in [0.5, 0.6) is 0 Å². The third-order valence-electron chi connectivity index (χ3n) is 2.73. The van der Waals surface area contributed by atoms with Gasteiger partial charge >= 0.3 is 0 Å². The van der Waals surface area contributed by atoms with E-state index < -0.39 is 0 Å². The Hall–Kier alpha value is -1.61.